The molecule has 1 fully saturated rings. The SMILES string of the molecule is Cc1ccc(-c2cn(C(=O)N3CCN(C(=O)C(C)C)CC3Cc3ccccc3)nn2)cc1. The maximum Gasteiger partial charge on any atom is 0.346 e. The van der Waals surface area contributed by atoms with Crippen LogP contribution in [0.15, 0.2) is 60.8 Å². The zero-order valence-corrected chi connectivity index (χ0v) is 18.8. The van der Waals surface area contributed by atoms with E-state index in [-0.39, 0.29) is 23.9 Å². The molecule has 166 valence electrons. The van der Waals surface area contributed by atoms with E-state index < -0.39 is 0 Å². The molecule has 3 aromatic rings. The molecule has 0 N–H and O–H groups in total. The average Bonchev–Trinajstić information content (AvgIpc) is 3.29. The highest BCUT2D eigenvalue weighted by Crippen LogP contribution is 2.20. The fourth-order valence-corrected chi connectivity index (χ4v) is 4.08. The van der Waals surface area contributed by atoms with Crippen LogP contribution in [0, 0.1) is 12.8 Å². The second kappa shape index (κ2) is 9.34. The van der Waals surface area contributed by atoms with Crippen LogP contribution in [0.1, 0.15) is 25.0 Å². The fraction of sp³-hybridized carbons (Fsp3) is 0.360. The Labute approximate surface area is 188 Å². The lowest BCUT2D eigenvalue weighted by molar-refractivity contribution is -0.137. The number of carbonyl (C=O) groups excluding carboxylic acids is 2. The highest BCUT2D eigenvalue weighted by atomic mass is 16.2. The van der Waals surface area contributed by atoms with Crippen LogP contribution in [0.4, 0.5) is 4.79 Å². The predicted octanol–water partition coefficient (Wildman–Crippen LogP) is 3.63. The number of piperazine rings is 1. The molecule has 1 aliphatic rings. The van der Waals surface area contributed by atoms with Crippen LogP contribution in [-0.2, 0) is 11.2 Å². The zero-order chi connectivity index (χ0) is 22.7. The molecule has 4 rings (SSSR count). The molecule has 0 bridgehead atoms. The van der Waals surface area contributed by atoms with Crippen molar-refractivity contribution in [3.8, 4) is 11.3 Å². The third-order valence-corrected chi connectivity index (χ3v) is 5.88. The number of benzene rings is 2. The summed E-state index contributed by atoms with van der Waals surface area (Å²) in [6.45, 7) is 7.35. The lowest BCUT2D eigenvalue weighted by atomic mass is 10.0. The van der Waals surface area contributed by atoms with E-state index in [2.05, 4.69) is 22.4 Å². The van der Waals surface area contributed by atoms with Crippen LogP contribution in [0.25, 0.3) is 11.3 Å². The Hall–Kier alpha value is -3.48. The molecule has 0 saturated carbocycles. The summed E-state index contributed by atoms with van der Waals surface area (Å²) in [5.74, 6) is 0.0552. The van der Waals surface area contributed by atoms with Gasteiger partial charge < -0.3 is 9.80 Å². The van der Waals surface area contributed by atoms with Gasteiger partial charge in [-0.25, -0.2) is 4.79 Å². The first-order valence-corrected chi connectivity index (χ1v) is 11.1. The Morgan fingerprint density at radius 3 is 2.44 bits per heavy atom. The summed E-state index contributed by atoms with van der Waals surface area (Å²) >= 11 is 0. The van der Waals surface area contributed by atoms with Gasteiger partial charge >= 0.3 is 6.03 Å². The Bertz CT molecular complexity index is 1080. The molecule has 1 atom stereocenters. The van der Waals surface area contributed by atoms with E-state index in [0.29, 0.717) is 31.7 Å². The molecule has 1 aliphatic heterocycles. The molecular formula is C25H29N5O2. The normalized spacial score (nSPS) is 16.4. The lowest BCUT2D eigenvalue weighted by Gasteiger charge is -2.41. The topological polar surface area (TPSA) is 71.3 Å². The van der Waals surface area contributed by atoms with Gasteiger partial charge in [-0.2, -0.15) is 4.68 Å². The van der Waals surface area contributed by atoms with Gasteiger partial charge in [-0.1, -0.05) is 79.2 Å². The van der Waals surface area contributed by atoms with E-state index >= 15 is 0 Å². The molecular weight excluding hydrogens is 402 g/mol. The van der Waals surface area contributed by atoms with Gasteiger partial charge in [-0.05, 0) is 18.9 Å². The molecule has 2 amide bonds. The number of aromatic nitrogens is 3. The van der Waals surface area contributed by atoms with Crippen molar-refractivity contribution >= 4 is 11.9 Å². The highest BCUT2D eigenvalue weighted by Gasteiger charge is 2.34. The van der Waals surface area contributed by atoms with Crippen LogP contribution >= 0.6 is 0 Å². The minimum absolute atomic E-state index is 0.0676. The van der Waals surface area contributed by atoms with Gasteiger partial charge in [-0.3, -0.25) is 4.79 Å². The molecule has 2 aromatic carbocycles. The molecule has 32 heavy (non-hydrogen) atoms. The Morgan fingerprint density at radius 1 is 1.03 bits per heavy atom. The van der Waals surface area contributed by atoms with Crippen molar-refractivity contribution in [2.45, 2.75) is 33.2 Å². The van der Waals surface area contributed by atoms with Gasteiger partial charge in [0, 0.05) is 31.1 Å². The van der Waals surface area contributed by atoms with Crippen LogP contribution in [-0.4, -0.2) is 62.4 Å². The number of nitrogens with zero attached hydrogens (tertiary/aromatic N) is 5. The second-order valence-corrected chi connectivity index (χ2v) is 8.67. The standard InChI is InChI=1S/C25H29N5O2/c1-18(2)24(31)28-13-14-29(22(16-28)15-20-7-5-4-6-8-20)25(32)30-17-23(26-27-30)21-11-9-19(3)10-12-21/h4-12,17-18,22H,13-16H2,1-3H3. The minimum atomic E-state index is -0.214. The van der Waals surface area contributed by atoms with E-state index in [9.17, 15) is 9.59 Å². The maximum atomic E-state index is 13.4. The van der Waals surface area contributed by atoms with Gasteiger partial charge in [0.15, 0.2) is 0 Å². The first-order valence-electron chi connectivity index (χ1n) is 11.1. The maximum absolute atomic E-state index is 13.4. The molecule has 7 heteroatoms. The van der Waals surface area contributed by atoms with Crippen molar-refractivity contribution in [1.82, 2.24) is 24.8 Å². The molecule has 0 aliphatic carbocycles. The zero-order valence-electron chi connectivity index (χ0n) is 18.8. The summed E-state index contributed by atoms with van der Waals surface area (Å²) in [5, 5.41) is 8.32. The molecule has 0 spiro atoms. The summed E-state index contributed by atoms with van der Waals surface area (Å²) in [6, 6.07) is 17.7. The van der Waals surface area contributed by atoms with Crippen LogP contribution in [0.5, 0.6) is 0 Å². The van der Waals surface area contributed by atoms with Crippen molar-refractivity contribution in [2.24, 2.45) is 5.92 Å². The van der Waals surface area contributed by atoms with Crippen molar-refractivity contribution in [1.29, 1.82) is 0 Å². The largest absolute Gasteiger partial charge is 0.346 e. The summed E-state index contributed by atoms with van der Waals surface area (Å²) in [6.07, 6.45) is 2.35. The third-order valence-electron chi connectivity index (χ3n) is 5.88. The quantitative estimate of drug-likeness (QED) is 0.632. The number of hydrogen-bond donors (Lipinski definition) is 0. The molecule has 1 unspecified atom stereocenters. The first kappa shape index (κ1) is 21.7. The third kappa shape index (κ3) is 4.72. The first-order chi connectivity index (χ1) is 15.4. The smallest absolute Gasteiger partial charge is 0.339 e. The number of aryl methyl sites for hydroxylation is 1. The average molecular weight is 432 g/mol. The summed E-state index contributed by atoms with van der Waals surface area (Å²) < 4.78 is 1.31. The van der Waals surface area contributed by atoms with E-state index in [1.165, 1.54) is 4.68 Å². The van der Waals surface area contributed by atoms with E-state index in [0.717, 1.165) is 16.7 Å². The minimum Gasteiger partial charge on any atom is -0.339 e. The predicted molar refractivity (Wildman–Crippen MR) is 123 cm³/mol. The molecule has 7 nitrogen and oxygen atoms in total. The fourth-order valence-electron chi connectivity index (χ4n) is 4.08. The van der Waals surface area contributed by atoms with Gasteiger partial charge in [0.05, 0.1) is 12.2 Å². The molecule has 1 saturated heterocycles. The molecule has 0 radical (unpaired) electrons. The van der Waals surface area contributed by atoms with Crippen LogP contribution in [0.3, 0.4) is 0 Å². The number of rotatable bonds is 4. The number of amides is 2. The number of carbonyl (C=O) groups is 2. The summed E-state index contributed by atoms with van der Waals surface area (Å²) in [7, 11) is 0. The molecule has 1 aromatic heterocycles. The van der Waals surface area contributed by atoms with Crippen molar-refractivity contribution in [3.63, 3.8) is 0 Å². The van der Waals surface area contributed by atoms with Crippen LogP contribution < -0.4 is 0 Å². The van der Waals surface area contributed by atoms with Gasteiger partial charge in [0.25, 0.3) is 0 Å². The Morgan fingerprint density at radius 2 is 1.75 bits per heavy atom. The summed E-state index contributed by atoms with van der Waals surface area (Å²) in [5.41, 5.74) is 3.87. The Kier molecular flexibility index (Phi) is 6.35. The highest BCUT2D eigenvalue weighted by molar-refractivity contribution is 5.80. The summed E-state index contributed by atoms with van der Waals surface area (Å²) in [4.78, 5) is 29.7. The van der Waals surface area contributed by atoms with Crippen LogP contribution in [0.2, 0.25) is 0 Å². The van der Waals surface area contributed by atoms with E-state index in [1.54, 1.807) is 6.20 Å². The van der Waals surface area contributed by atoms with E-state index in [4.69, 9.17) is 0 Å². The number of hydrogen-bond acceptors (Lipinski definition) is 4. The lowest BCUT2D eigenvalue weighted by Crippen LogP contribution is -2.58. The van der Waals surface area contributed by atoms with Crippen molar-refractivity contribution in [2.75, 3.05) is 19.6 Å². The molecule has 2 heterocycles. The van der Waals surface area contributed by atoms with Gasteiger partial charge in [0.2, 0.25) is 5.91 Å². The monoisotopic (exact) mass is 431 g/mol. The second-order valence-electron chi connectivity index (χ2n) is 8.67. The van der Waals surface area contributed by atoms with Crippen molar-refractivity contribution in [3.05, 3.63) is 71.9 Å². The Balaban J connectivity index is 1.56. The van der Waals surface area contributed by atoms with Gasteiger partial charge in [-0.15, -0.1) is 5.10 Å². The van der Waals surface area contributed by atoms with Crippen molar-refractivity contribution < 1.29 is 9.59 Å². The van der Waals surface area contributed by atoms with E-state index in [1.807, 2.05) is 73.0 Å². The van der Waals surface area contributed by atoms with Gasteiger partial charge in [0.1, 0.15) is 5.69 Å².